The second-order valence-corrected chi connectivity index (χ2v) is 6.80. The van der Waals surface area contributed by atoms with Crippen LogP contribution in [0.25, 0.3) is 4.85 Å². The molecule has 0 spiro atoms. The van der Waals surface area contributed by atoms with Gasteiger partial charge in [0, 0.05) is 22.0 Å². The van der Waals surface area contributed by atoms with Crippen LogP contribution in [0, 0.1) is 6.57 Å². The Balaban J connectivity index is 2.09. The molecule has 3 rings (SSSR count). The molecular weight excluding hydrogens is 374 g/mol. The van der Waals surface area contributed by atoms with Crippen LogP contribution in [0.2, 0.25) is 5.02 Å². The second kappa shape index (κ2) is 8.20. The Morgan fingerprint density at radius 2 is 1.82 bits per heavy atom. The molecule has 0 aliphatic carbocycles. The highest BCUT2D eigenvalue weighted by Crippen LogP contribution is 2.42. The summed E-state index contributed by atoms with van der Waals surface area (Å²) < 4.78 is 5.32. The van der Waals surface area contributed by atoms with E-state index in [9.17, 15) is 4.79 Å². The van der Waals surface area contributed by atoms with E-state index in [2.05, 4.69) is 15.5 Å². The van der Waals surface area contributed by atoms with E-state index in [-0.39, 0.29) is 5.91 Å². The van der Waals surface area contributed by atoms with E-state index >= 15 is 0 Å². The first kappa shape index (κ1) is 19.5. The normalized spacial score (nSPS) is 16.3. The number of hydrogen-bond acceptors (Lipinski definition) is 3. The van der Waals surface area contributed by atoms with Gasteiger partial charge in [-0.2, -0.15) is 0 Å². The number of amides is 1. The molecule has 0 saturated carbocycles. The molecule has 0 fully saturated rings. The number of benzene rings is 2. The van der Waals surface area contributed by atoms with Gasteiger partial charge in [-0.05, 0) is 37.6 Å². The van der Waals surface area contributed by atoms with Gasteiger partial charge in [-0.25, -0.2) is 4.85 Å². The SMILES string of the molecule is [C-]#[N+]C1=C(C)NC(C)=C(C(=O)Nc2ccccc2OC)C1c1ccccc1Cl. The van der Waals surface area contributed by atoms with E-state index < -0.39 is 5.92 Å². The maximum atomic E-state index is 13.3. The van der Waals surface area contributed by atoms with E-state index in [0.717, 1.165) is 5.56 Å². The number of nitrogens with one attached hydrogen (secondary N) is 2. The topological polar surface area (TPSA) is 54.7 Å². The third-order valence-electron chi connectivity index (χ3n) is 4.66. The molecule has 6 heteroatoms. The van der Waals surface area contributed by atoms with Gasteiger partial charge in [0.15, 0.2) is 5.70 Å². The van der Waals surface area contributed by atoms with Crippen LogP contribution in [0.15, 0.2) is 71.2 Å². The highest BCUT2D eigenvalue weighted by Gasteiger charge is 2.35. The first-order chi connectivity index (χ1) is 13.5. The van der Waals surface area contributed by atoms with E-state index in [0.29, 0.717) is 39.1 Å². The number of halogens is 1. The monoisotopic (exact) mass is 393 g/mol. The molecule has 2 N–H and O–H groups in total. The lowest BCUT2D eigenvalue weighted by Gasteiger charge is -2.29. The smallest absolute Gasteiger partial charge is 0.253 e. The van der Waals surface area contributed by atoms with Crippen LogP contribution >= 0.6 is 11.6 Å². The van der Waals surface area contributed by atoms with Crippen LogP contribution in [0.5, 0.6) is 5.75 Å². The average molecular weight is 394 g/mol. The fourth-order valence-electron chi connectivity index (χ4n) is 3.38. The van der Waals surface area contributed by atoms with Gasteiger partial charge in [0.1, 0.15) is 5.75 Å². The van der Waals surface area contributed by atoms with E-state index in [1.807, 2.05) is 44.2 Å². The summed E-state index contributed by atoms with van der Waals surface area (Å²) in [6, 6.07) is 14.5. The fourth-order valence-corrected chi connectivity index (χ4v) is 3.63. The highest BCUT2D eigenvalue weighted by atomic mass is 35.5. The molecule has 142 valence electrons. The van der Waals surface area contributed by atoms with Crippen molar-refractivity contribution in [3.63, 3.8) is 0 Å². The molecule has 1 atom stereocenters. The first-order valence-corrected chi connectivity index (χ1v) is 9.10. The van der Waals surface area contributed by atoms with Crippen molar-refractivity contribution < 1.29 is 9.53 Å². The zero-order chi connectivity index (χ0) is 20.3. The van der Waals surface area contributed by atoms with Gasteiger partial charge in [-0.15, -0.1) is 0 Å². The van der Waals surface area contributed by atoms with Crippen LogP contribution in [0.3, 0.4) is 0 Å². The van der Waals surface area contributed by atoms with Gasteiger partial charge in [0.2, 0.25) is 0 Å². The Kier molecular flexibility index (Phi) is 5.72. The number of nitrogens with zero attached hydrogens (tertiary/aromatic N) is 1. The predicted molar refractivity (Wildman–Crippen MR) is 111 cm³/mol. The summed E-state index contributed by atoms with van der Waals surface area (Å²) in [4.78, 5) is 17.0. The fraction of sp³-hybridized carbons (Fsp3) is 0.182. The Hall–Kier alpha value is -3.23. The van der Waals surface area contributed by atoms with Crippen molar-refractivity contribution >= 4 is 23.2 Å². The largest absolute Gasteiger partial charge is 0.495 e. The van der Waals surface area contributed by atoms with E-state index in [1.54, 1.807) is 25.3 Å². The summed E-state index contributed by atoms with van der Waals surface area (Å²) in [6.45, 7) is 11.3. The van der Waals surface area contributed by atoms with E-state index in [4.69, 9.17) is 22.9 Å². The number of dihydropyridines is 1. The zero-order valence-corrected chi connectivity index (χ0v) is 16.6. The molecule has 0 radical (unpaired) electrons. The predicted octanol–water partition coefficient (Wildman–Crippen LogP) is 5.10. The molecule has 0 saturated heterocycles. The van der Waals surface area contributed by atoms with Gasteiger partial charge in [-0.3, -0.25) is 4.79 Å². The second-order valence-electron chi connectivity index (χ2n) is 6.39. The Bertz CT molecular complexity index is 1030. The van der Waals surface area contributed by atoms with Gasteiger partial charge in [0.25, 0.3) is 5.91 Å². The van der Waals surface area contributed by atoms with Crippen LogP contribution < -0.4 is 15.4 Å². The molecule has 2 aromatic rings. The van der Waals surface area contributed by atoms with Crippen LogP contribution in [-0.2, 0) is 4.79 Å². The Labute approximate surface area is 169 Å². The molecule has 1 heterocycles. The lowest BCUT2D eigenvalue weighted by molar-refractivity contribution is -0.113. The summed E-state index contributed by atoms with van der Waals surface area (Å²) >= 11 is 6.43. The van der Waals surface area contributed by atoms with Gasteiger partial charge in [0.05, 0.1) is 25.3 Å². The summed E-state index contributed by atoms with van der Waals surface area (Å²) in [5, 5.41) is 6.58. The lowest BCUT2D eigenvalue weighted by atomic mass is 9.83. The minimum atomic E-state index is -0.554. The summed E-state index contributed by atoms with van der Waals surface area (Å²) in [5.41, 5.74) is 3.58. The number of methoxy groups -OCH3 is 1. The number of ether oxygens (including phenoxy) is 1. The van der Waals surface area contributed by atoms with E-state index in [1.165, 1.54) is 0 Å². The first-order valence-electron chi connectivity index (χ1n) is 8.72. The Morgan fingerprint density at radius 1 is 1.14 bits per heavy atom. The molecule has 1 aliphatic rings. The molecule has 1 amide bonds. The molecular formula is C22H20ClN3O2. The highest BCUT2D eigenvalue weighted by molar-refractivity contribution is 6.31. The van der Waals surface area contributed by atoms with Gasteiger partial charge in [-0.1, -0.05) is 41.9 Å². The van der Waals surface area contributed by atoms with Gasteiger partial charge < -0.3 is 15.4 Å². The third-order valence-corrected chi connectivity index (χ3v) is 5.01. The van der Waals surface area contributed by atoms with Crippen molar-refractivity contribution in [2.45, 2.75) is 19.8 Å². The Morgan fingerprint density at radius 3 is 2.50 bits per heavy atom. The maximum absolute atomic E-state index is 13.3. The zero-order valence-electron chi connectivity index (χ0n) is 15.8. The van der Waals surface area contributed by atoms with Crippen molar-refractivity contribution in [3.8, 4) is 5.75 Å². The number of allylic oxidation sites excluding steroid dienone is 3. The number of anilines is 1. The lowest BCUT2D eigenvalue weighted by Crippen LogP contribution is -2.30. The minimum Gasteiger partial charge on any atom is -0.495 e. The molecule has 1 unspecified atom stereocenters. The molecule has 2 aromatic carbocycles. The number of carbonyl (C=O) groups is 1. The van der Waals surface area contributed by atoms with Crippen molar-refractivity contribution in [1.82, 2.24) is 5.32 Å². The molecule has 0 bridgehead atoms. The summed E-state index contributed by atoms with van der Waals surface area (Å²) in [6.07, 6.45) is 0. The number of carbonyl (C=O) groups excluding carboxylic acids is 1. The van der Waals surface area contributed by atoms with Crippen molar-refractivity contribution in [1.29, 1.82) is 0 Å². The molecule has 5 nitrogen and oxygen atoms in total. The number of hydrogen-bond donors (Lipinski definition) is 2. The molecule has 28 heavy (non-hydrogen) atoms. The standard InChI is InChI=1S/C22H20ClN3O2/c1-13-19(22(27)26-17-11-7-8-12-18(17)28-4)20(21(24-3)14(2)25-13)15-9-5-6-10-16(15)23/h5-12,20,25H,1-2,4H3,(H,26,27). The minimum absolute atomic E-state index is 0.312. The van der Waals surface area contributed by atoms with Crippen LogP contribution in [0.4, 0.5) is 5.69 Å². The number of rotatable bonds is 4. The maximum Gasteiger partial charge on any atom is 0.253 e. The van der Waals surface area contributed by atoms with Crippen molar-refractivity contribution in [2.75, 3.05) is 12.4 Å². The quantitative estimate of drug-likeness (QED) is 0.710. The molecule has 0 aromatic heterocycles. The third kappa shape index (κ3) is 3.60. The number of para-hydroxylation sites is 2. The van der Waals surface area contributed by atoms with Crippen molar-refractivity contribution in [2.24, 2.45) is 0 Å². The van der Waals surface area contributed by atoms with Crippen molar-refractivity contribution in [3.05, 3.63) is 93.2 Å². The summed E-state index contributed by atoms with van der Waals surface area (Å²) in [5.74, 6) is -0.306. The van der Waals surface area contributed by atoms with Crippen LogP contribution in [0.1, 0.15) is 25.3 Å². The molecule has 1 aliphatic heterocycles. The average Bonchev–Trinajstić information content (AvgIpc) is 2.68. The summed E-state index contributed by atoms with van der Waals surface area (Å²) in [7, 11) is 1.55. The van der Waals surface area contributed by atoms with Gasteiger partial charge >= 0.3 is 0 Å². The van der Waals surface area contributed by atoms with Crippen LogP contribution in [-0.4, -0.2) is 13.0 Å².